The Labute approximate surface area is 82.2 Å². The van der Waals surface area contributed by atoms with Crippen LogP contribution < -0.4 is 0 Å². The first-order valence-electron chi connectivity index (χ1n) is 3.53. The van der Waals surface area contributed by atoms with Gasteiger partial charge in [0.05, 0.1) is 4.47 Å². The van der Waals surface area contributed by atoms with E-state index < -0.39 is 17.5 Å². The summed E-state index contributed by atoms with van der Waals surface area (Å²) < 4.78 is 38.7. The fourth-order valence-corrected chi connectivity index (χ4v) is 1.32. The third kappa shape index (κ3) is 1.94. The zero-order chi connectivity index (χ0) is 10.0. The summed E-state index contributed by atoms with van der Waals surface area (Å²) >= 11 is 2.79. The van der Waals surface area contributed by atoms with Gasteiger partial charge in [-0.25, -0.2) is 13.2 Å². The summed E-state index contributed by atoms with van der Waals surface area (Å²) in [6, 6.07) is 0.762. The third-order valence-electron chi connectivity index (χ3n) is 1.48. The molecule has 0 N–H and O–H groups in total. The van der Waals surface area contributed by atoms with Crippen LogP contribution >= 0.6 is 15.9 Å². The second kappa shape index (κ2) is 3.96. The smallest absolute Gasteiger partial charge is 0.169 e. The number of hydrogen-bond donors (Lipinski definition) is 0. The van der Waals surface area contributed by atoms with E-state index in [1.807, 2.05) is 0 Å². The summed E-state index contributed by atoms with van der Waals surface area (Å²) in [6.07, 6.45) is 2.62. The highest BCUT2D eigenvalue weighted by Gasteiger charge is 2.14. The molecule has 4 heteroatoms. The van der Waals surface area contributed by atoms with Gasteiger partial charge in [0.15, 0.2) is 11.6 Å². The van der Waals surface area contributed by atoms with E-state index in [1.54, 1.807) is 6.92 Å². The minimum atomic E-state index is -1.17. The Hall–Kier alpha value is -0.770. The number of halogens is 4. The van der Waals surface area contributed by atoms with Crippen LogP contribution in [0.5, 0.6) is 0 Å². The van der Waals surface area contributed by atoms with E-state index in [0.29, 0.717) is 0 Å². The summed E-state index contributed by atoms with van der Waals surface area (Å²) in [5.74, 6) is -3.03. The van der Waals surface area contributed by atoms with Gasteiger partial charge in [-0.1, -0.05) is 12.2 Å². The lowest BCUT2D eigenvalue weighted by Gasteiger charge is -2.02. The molecule has 0 bridgehead atoms. The van der Waals surface area contributed by atoms with Crippen molar-refractivity contribution < 1.29 is 13.2 Å². The molecule has 0 unspecified atom stereocenters. The molecule has 0 fully saturated rings. The summed E-state index contributed by atoms with van der Waals surface area (Å²) in [6.45, 7) is 1.59. The van der Waals surface area contributed by atoms with Crippen LogP contribution in [0.4, 0.5) is 13.2 Å². The van der Waals surface area contributed by atoms with Crippen molar-refractivity contribution in [3.8, 4) is 0 Å². The molecule has 0 radical (unpaired) electrons. The fourth-order valence-electron chi connectivity index (χ4n) is 0.905. The highest BCUT2D eigenvalue weighted by Crippen LogP contribution is 2.25. The normalized spacial score (nSPS) is 11.2. The van der Waals surface area contributed by atoms with Gasteiger partial charge in [0.2, 0.25) is 0 Å². The fraction of sp³-hybridized carbons (Fsp3) is 0.111. The van der Waals surface area contributed by atoms with Crippen molar-refractivity contribution >= 4 is 22.0 Å². The molecule has 0 aliphatic heterocycles. The molecule has 1 aromatic carbocycles. The maximum absolute atomic E-state index is 13.1. The van der Waals surface area contributed by atoms with Crippen molar-refractivity contribution in [2.45, 2.75) is 6.92 Å². The minimum absolute atomic E-state index is 0.0838. The molecule has 0 aromatic heterocycles. The van der Waals surface area contributed by atoms with Crippen molar-refractivity contribution in [3.63, 3.8) is 0 Å². The van der Waals surface area contributed by atoms with Crippen molar-refractivity contribution in [1.29, 1.82) is 0 Å². The SMILES string of the molecule is C/C=C\c1c(F)c(F)cc(Br)c1F. The molecule has 0 spiro atoms. The zero-order valence-corrected chi connectivity index (χ0v) is 8.33. The molecule has 0 saturated carbocycles. The number of allylic oxidation sites excluding steroid dienone is 1. The summed E-state index contributed by atoms with van der Waals surface area (Å²) in [5.41, 5.74) is -0.366. The molecule has 1 aromatic rings. The average Bonchev–Trinajstić information content (AvgIpc) is 2.09. The maximum Gasteiger partial charge on any atom is 0.169 e. The molecule has 0 heterocycles. The van der Waals surface area contributed by atoms with Crippen LogP contribution in [0.3, 0.4) is 0 Å². The third-order valence-corrected chi connectivity index (χ3v) is 2.06. The van der Waals surface area contributed by atoms with Crippen molar-refractivity contribution in [2.24, 2.45) is 0 Å². The van der Waals surface area contributed by atoms with Crippen molar-refractivity contribution in [1.82, 2.24) is 0 Å². The van der Waals surface area contributed by atoms with Gasteiger partial charge in [-0.2, -0.15) is 0 Å². The van der Waals surface area contributed by atoms with Crippen LogP contribution in [0, 0.1) is 17.5 Å². The Morgan fingerprint density at radius 1 is 1.23 bits per heavy atom. The van der Waals surface area contributed by atoms with Crippen molar-refractivity contribution in [3.05, 3.63) is 39.6 Å². The van der Waals surface area contributed by atoms with E-state index in [1.165, 1.54) is 12.2 Å². The van der Waals surface area contributed by atoms with Crippen LogP contribution in [0.1, 0.15) is 12.5 Å². The van der Waals surface area contributed by atoms with E-state index >= 15 is 0 Å². The predicted octanol–water partition coefficient (Wildman–Crippen LogP) is 3.90. The minimum Gasteiger partial charge on any atom is -0.205 e. The maximum atomic E-state index is 13.1. The summed E-state index contributed by atoms with van der Waals surface area (Å²) in [5, 5.41) is 0. The molecule has 0 nitrogen and oxygen atoms in total. The first-order chi connectivity index (χ1) is 6.07. The van der Waals surface area contributed by atoms with Crippen LogP contribution in [0.25, 0.3) is 6.08 Å². The van der Waals surface area contributed by atoms with Crippen LogP contribution in [0.2, 0.25) is 0 Å². The van der Waals surface area contributed by atoms with Gasteiger partial charge in [-0.15, -0.1) is 0 Å². The molecule has 0 atom stereocenters. The largest absolute Gasteiger partial charge is 0.205 e. The lowest BCUT2D eigenvalue weighted by Crippen LogP contribution is -1.94. The molecule has 0 amide bonds. The molecule has 13 heavy (non-hydrogen) atoms. The molecule has 0 saturated heterocycles. The Kier molecular flexibility index (Phi) is 3.14. The molecule has 1 rings (SSSR count). The van der Waals surface area contributed by atoms with Crippen LogP contribution in [-0.4, -0.2) is 0 Å². The predicted molar refractivity (Wildman–Crippen MR) is 48.7 cm³/mol. The first kappa shape index (κ1) is 10.3. The molecule has 0 aliphatic rings. The van der Waals surface area contributed by atoms with E-state index in [-0.39, 0.29) is 10.0 Å². The van der Waals surface area contributed by atoms with Gasteiger partial charge < -0.3 is 0 Å². The number of hydrogen-bond acceptors (Lipinski definition) is 0. The lowest BCUT2D eigenvalue weighted by atomic mass is 10.2. The molecule has 70 valence electrons. The van der Waals surface area contributed by atoms with E-state index in [2.05, 4.69) is 15.9 Å². The number of benzene rings is 1. The topological polar surface area (TPSA) is 0 Å². The van der Waals surface area contributed by atoms with Crippen LogP contribution in [-0.2, 0) is 0 Å². The Morgan fingerprint density at radius 3 is 2.38 bits per heavy atom. The Bertz CT molecular complexity index is 332. The van der Waals surface area contributed by atoms with Gasteiger partial charge in [0.1, 0.15) is 5.82 Å². The quantitative estimate of drug-likeness (QED) is 0.664. The Morgan fingerprint density at radius 2 is 1.85 bits per heavy atom. The van der Waals surface area contributed by atoms with Crippen LogP contribution in [0.15, 0.2) is 16.6 Å². The molecular weight excluding hydrogens is 245 g/mol. The lowest BCUT2D eigenvalue weighted by molar-refractivity contribution is 0.490. The average molecular weight is 251 g/mol. The van der Waals surface area contributed by atoms with E-state index in [4.69, 9.17) is 0 Å². The summed E-state index contributed by atoms with van der Waals surface area (Å²) in [4.78, 5) is 0. The standard InChI is InChI=1S/C9H6BrF3/c1-2-3-5-8(12)6(10)4-7(11)9(5)13/h2-4H,1H3/b3-2-. The van der Waals surface area contributed by atoms with Gasteiger partial charge in [-0.3, -0.25) is 0 Å². The summed E-state index contributed by atoms with van der Waals surface area (Å²) in [7, 11) is 0. The second-order valence-electron chi connectivity index (χ2n) is 2.38. The first-order valence-corrected chi connectivity index (χ1v) is 4.33. The van der Waals surface area contributed by atoms with Gasteiger partial charge in [0, 0.05) is 5.56 Å². The van der Waals surface area contributed by atoms with Gasteiger partial charge in [-0.05, 0) is 28.9 Å². The monoisotopic (exact) mass is 250 g/mol. The van der Waals surface area contributed by atoms with Crippen molar-refractivity contribution in [2.75, 3.05) is 0 Å². The molecule has 0 aliphatic carbocycles. The van der Waals surface area contributed by atoms with Gasteiger partial charge >= 0.3 is 0 Å². The van der Waals surface area contributed by atoms with Gasteiger partial charge in [0.25, 0.3) is 0 Å². The highest BCUT2D eigenvalue weighted by atomic mass is 79.9. The van der Waals surface area contributed by atoms with E-state index in [0.717, 1.165) is 6.07 Å². The Balaban J connectivity index is 3.46. The molecular formula is C9H6BrF3. The highest BCUT2D eigenvalue weighted by molar-refractivity contribution is 9.10. The van der Waals surface area contributed by atoms with E-state index in [9.17, 15) is 13.2 Å². The number of rotatable bonds is 1. The second-order valence-corrected chi connectivity index (χ2v) is 3.24. The zero-order valence-electron chi connectivity index (χ0n) is 6.74.